The van der Waals surface area contributed by atoms with Gasteiger partial charge in [-0.15, -0.1) is 0 Å². The SMILES string of the molecule is CC(C)(C)OC(=O)C1C(C(=O)OC(C)(C)C)C2C3C=CC(C3)C12. The van der Waals surface area contributed by atoms with E-state index in [0.29, 0.717) is 11.8 Å². The molecule has 2 fully saturated rings. The van der Waals surface area contributed by atoms with Gasteiger partial charge in [-0.05, 0) is 71.6 Å². The standard InChI is InChI=1S/C19H28O4/c1-18(2,3)22-16(20)14-12-10-7-8-11(9-10)13(12)15(14)17(21)23-19(4,5)6/h7-8,10-15H,9H2,1-6H3. The lowest BCUT2D eigenvalue weighted by Crippen LogP contribution is -2.57. The summed E-state index contributed by atoms with van der Waals surface area (Å²) in [6.45, 7) is 11.2. The lowest BCUT2D eigenvalue weighted by atomic mass is 9.53. The molecule has 0 aromatic heterocycles. The molecule has 3 aliphatic rings. The topological polar surface area (TPSA) is 52.6 Å². The van der Waals surface area contributed by atoms with Crippen molar-refractivity contribution in [2.45, 2.75) is 59.2 Å². The maximum absolute atomic E-state index is 12.7. The highest BCUT2D eigenvalue weighted by atomic mass is 16.6. The van der Waals surface area contributed by atoms with Gasteiger partial charge in [-0.25, -0.2) is 0 Å². The Labute approximate surface area is 138 Å². The van der Waals surface area contributed by atoms with Crippen LogP contribution in [-0.2, 0) is 19.1 Å². The van der Waals surface area contributed by atoms with Gasteiger partial charge in [0, 0.05) is 0 Å². The van der Waals surface area contributed by atoms with E-state index in [-0.39, 0.29) is 35.6 Å². The smallest absolute Gasteiger partial charge is 0.310 e. The Morgan fingerprint density at radius 2 is 1.13 bits per heavy atom. The quantitative estimate of drug-likeness (QED) is 0.578. The van der Waals surface area contributed by atoms with Gasteiger partial charge in [0.05, 0.1) is 11.8 Å². The first kappa shape index (κ1) is 16.5. The molecule has 0 aromatic rings. The second-order valence-corrected chi connectivity index (χ2v) is 9.22. The molecule has 0 radical (unpaired) electrons. The zero-order chi connectivity index (χ0) is 17.2. The van der Waals surface area contributed by atoms with Crippen LogP contribution in [0, 0.1) is 35.5 Å². The molecule has 2 saturated carbocycles. The van der Waals surface area contributed by atoms with Crippen molar-refractivity contribution in [3.05, 3.63) is 12.2 Å². The third-order valence-corrected chi connectivity index (χ3v) is 5.16. The van der Waals surface area contributed by atoms with Crippen molar-refractivity contribution >= 4 is 11.9 Å². The minimum absolute atomic E-state index is 0.240. The summed E-state index contributed by atoms with van der Waals surface area (Å²) in [4.78, 5) is 25.4. The van der Waals surface area contributed by atoms with Crippen molar-refractivity contribution in [2.75, 3.05) is 0 Å². The third-order valence-electron chi connectivity index (χ3n) is 5.16. The Morgan fingerprint density at radius 3 is 1.43 bits per heavy atom. The molecule has 0 N–H and O–H groups in total. The molecule has 0 amide bonds. The van der Waals surface area contributed by atoms with Gasteiger partial charge >= 0.3 is 11.9 Å². The van der Waals surface area contributed by atoms with Crippen molar-refractivity contribution in [3.63, 3.8) is 0 Å². The zero-order valence-electron chi connectivity index (χ0n) is 15.0. The van der Waals surface area contributed by atoms with E-state index < -0.39 is 11.2 Å². The van der Waals surface area contributed by atoms with Crippen LogP contribution in [0.2, 0.25) is 0 Å². The number of rotatable bonds is 2. The van der Waals surface area contributed by atoms with Crippen molar-refractivity contribution < 1.29 is 19.1 Å². The molecule has 4 heteroatoms. The van der Waals surface area contributed by atoms with E-state index in [1.165, 1.54) is 0 Å². The number of carbonyl (C=O) groups is 2. The van der Waals surface area contributed by atoms with Gasteiger partial charge in [0.1, 0.15) is 11.2 Å². The predicted octanol–water partition coefficient (Wildman–Crippen LogP) is 3.35. The number of fused-ring (bicyclic) bond motifs is 5. The van der Waals surface area contributed by atoms with Gasteiger partial charge in [-0.1, -0.05) is 12.2 Å². The molecular weight excluding hydrogens is 292 g/mol. The molecule has 6 atom stereocenters. The average Bonchev–Trinajstić information content (AvgIpc) is 2.80. The van der Waals surface area contributed by atoms with Crippen molar-refractivity contribution in [1.29, 1.82) is 0 Å². The maximum Gasteiger partial charge on any atom is 0.310 e. The molecule has 128 valence electrons. The predicted molar refractivity (Wildman–Crippen MR) is 86.4 cm³/mol. The Bertz CT molecular complexity index is 501. The summed E-state index contributed by atoms with van der Waals surface area (Å²) in [5, 5.41) is 0. The molecule has 0 spiro atoms. The summed E-state index contributed by atoms with van der Waals surface area (Å²) in [6, 6.07) is 0. The van der Waals surface area contributed by atoms with Crippen LogP contribution >= 0.6 is 0 Å². The highest BCUT2D eigenvalue weighted by Crippen LogP contribution is 2.64. The Morgan fingerprint density at radius 1 is 0.783 bits per heavy atom. The number of hydrogen-bond donors (Lipinski definition) is 0. The molecule has 0 saturated heterocycles. The van der Waals surface area contributed by atoms with Gasteiger partial charge in [-0.3, -0.25) is 9.59 Å². The molecule has 23 heavy (non-hydrogen) atoms. The summed E-state index contributed by atoms with van der Waals surface area (Å²) in [7, 11) is 0. The first-order valence-corrected chi connectivity index (χ1v) is 8.62. The molecule has 0 heterocycles. The van der Waals surface area contributed by atoms with Crippen LogP contribution in [0.4, 0.5) is 0 Å². The second-order valence-electron chi connectivity index (χ2n) is 9.22. The van der Waals surface area contributed by atoms with Crippen molar-refractivity contribution in [3.8, 4) is 0 Å². The minimum Gasteiger partial charge on any atom is -0.460 e. The van der Waals surface area contributed by atoms with E-state index in [4.69, 9.17) is 9.47 Å². The van der Waals surface area contributed by atoms with Gasteiger partial charge in [-0.2, -0.15) is 0 Å². The van der Waals surface area contributed by atoms with Gasteiger partial charge in [0.2, 0.25) is 0 Å². The van der Waals surface area contributed by atoms with Crippen LogP contribution in [0.3, 0.4) is 0 Å². The van der Waals surface area contributed by atoms with E-state index in [0.717, 1.165) is 6.42 Å². The monoisotopic (exact) mass is 320 g/mol. The summed E-state index contributed by atoms with van der Waals surface area (Å²) in [5.74, 6) is 0.145. The second kappa shape index (κ2) is 5.09. The fraction of sp³-hybridized carbons (Fsp3) is 0.789. The van der Waals surface area contributed by atoms with Crippen LogP contribution in [0.5, 0.6) is 0 Å². The molecule has 3 rings (SSSR count). The zero-order valence-corrected chi connectivity index (χ0v) is 15.0. The lowest BCUT2D eigenvalue weighted by Gasteiger charge is -2.50. The summed E-state index contributed by atoms with van der Waals surface area (Å²) in [6.07, 6.45) is 5.50. The largest absolute Gasteiger partial charge is 0.460 e. The van der Waals surface area contributed by atoms with E-state index in [9.17, 15) is 9.59 Å². The molecule has 0 aliphatic heterocycles. The van der Waals surface area contributed by atoms with Gasteiger partial charge in [0.25, 0.3) is 0 Å². The third kappa shape index (κ3) is 2.92. The fourth-order valence-electron chi connectivity index (χ4n) is 4.59. The number of esters is 2. The molecule has 6 unspecified atom stereocenters. The number of carbonyl (C=O) groups excluding carboxylic acids is 2. The summed E-state index contributed by atoms with van der Waals surface area (Å²) < 4.78 is 11.2. The Kier molecular flexibility index (Phi) is 3.66. The van der Waals surface area contributed by atoms with E-state index >= 15 is 0 Å². The van der Waals surface area contributed by atoms with Crippen molar-refractivity contribution in [1.82, 2.24) is 0 Å². The van der Waals surface area contributed by atoms with Crippen LogP contribution in [0.1, 0.15) is 48.0 Å². The van der Waals surface area contributed by atoms with Crippen LogP contribution < -0.4 is 0 Å². The summed E-state index contributed by atoms with van der Waals surface area (Å²) >= 11 is 0. The average molecular weight is 320 g/mol. The lowest BCUT2D eigenvalue weighted by molar-refractivity contribution is -0.195. The first-order valence-electron chi connectivity index (χ1n) is 8.62. The van der Waals surface area contributed by atoms with Crippen LogP contribution in [0.25, 0.3) is 0 Å². The van der Waals surface area contributed by atoms with E-state index in [1.54, 1.807) is 0 Å². The van der Waals surface area contributed by atoms with E-state index in [1.807, 2.05) is 41.5 Å². The molecule has 4 nitrogen and oxygen atoms in total. The van der Waals surface area contributed by atoms with E-state index in [2.05, 4.69) is 12.2 Å². The Hall–Kier alpha value is -1.32. The molecule has 3 aliphatic carbocycles. The number of hydrogen-bond acceptors (Lipinski definition) is 4. The Balaban J connectivity index is 1.82. The number of allylic oxidation sites excluding steroid dienone is 2. The first-order chi connectivity index (χ1) is 10.5. The van der Waals surface area contributed by atoms with Gasteiger partial charge < -0.3 is 9.47 Å². The summed E-state index contributed by atoms with van der Waals surface area (Å²) in [5.41, 5.74) is -1.07. The van der Waals surface area contributed by atoms with Crippen LogP contribution in [-0.4, -0.2) is 23.1 Å². The molecule has 0 aromatic carbocycles. The number of ether oxygens (including phenoxy) is 2. The molecule has 2 bridgehead atoms. The highest BCUT2D eigenvalue weighted by Gasteiger charge is 2.67. The van der Waals surface area contributed by atoms with Crippen molar-refractivity contribution in [2.24, 2.45) is 35.5 Å². The van der Waals surface area contributed by atoms with Gasteiger partial charge in [0.15, 0.2) is 0 Å². The fourth-order valence-corrected chi connectivity index (χ4v) is 4.59. The maximum atomic E-state index is 12.7. The molecular formula is C19H28O4. The minimum atomic E-state index is -0.534. The normalized spacial score (nSPS) is 38.0. The highest BCUT2D eigenvalue weighted by molar-refractivity contribution is 5.86. The van der Waals surface area contributed by atoms with Crippen LogP contribution in [0.15, 0.2) is 12.2 Å².